The third kappa shape index (κ3) is 3.27. The number of hydrogen-bond acceptors (Lipinski definition) is 4. The average molecular weight is 251 g/mol. The van der Waals surface area contributed by atoms with Crippen molar-refractivity contribution in [3.8, 4) is 0 Å². The maximum atomic E-state index is 11.7. The van der Waals surface area contributed by atoms with Crippen LogP contribution in [0.5, 0.6) is 0 Å². The number of nitrogens with zero attached hydrogens (tertiary/aromatic N) is 2. The van der Waals surface area contributed by atoms with Gasteiger partial charge in [0.1, 0.15) is 5.56 Å². The highest BCUT2D eigenvalue weighted by atomic mass is 16.6. The van der Waals surface area contributed by atoms with Crippen LogP contribution >= 0.6 is 0 Å². The first kappa shape index (κ1) is 13.6. The van der Waals surface area contributed by atoms with Crippen LogP contribution in [0.4, 0.5) is 5.69 Å². The summed E-state index contributed by atoms with van der Waals surface area (Å²) in [6.07, 6.45) is 0. The molecule has 7 nitrogen and oxygen atoms in total. The molecule has 0 bridgehead atoms. The molecule has 96 valence electrons. The van der Waals surface area contributed by atoms with Crippen molar-refractivity contribution in [2.45, 2.75) is 0 Å². The van der Waals surface area contributed by atoms with Gasteiger partial charge < -0.3 is 10.2 Å². The van der Waals surface area contributed by atoms with Gasteiger partial charge in [0.05, 0.1) is 11.5 Å². The minimum Gasteiger partial charge on any atom is -0.347 e. The van der Waals surface area contributed by atoms with E-state index in [-0.39, 0.29) is 23.7 Å². The van der Waals surface area contributed by atoms with Crippen molar-refractivity contribution < 1.29 is 14.5 Å². The van der Waals surface area contributed by atoms with E-state index in [4.69, 9.17) is 0 Å². The van der Waals surface area contributed by atoms with Gasteiger partial charge in [-0.15, -0.1) is 0 Å². The van der Waals surface area contributed by atoms with Gasteiger partial charge in [0.2, 0.25) is 5.91 Å². The normalized spacial score (nSPS) is 9.67. The highest BCUT2D eigenvalue weighted by Gasteiger charge is 2.19. The lowest BCUT2D eigenvalue weighted by molar-refractivity contribution is -0.385. The summed E-state index contributed by atoms with van der Waals surface area (Å²) >= 11 is 0. The molecule has 0 saturated carbocycles. The van der Waals surface area contributed by atoms with E-state index >= 15 is 0 Å². The Morgan fingerprint density at radius 2 is 1.94 bits per heavy atom. The number of benzene rings is 1. The van der Waals surface area contributed by atoms with E-state index in [1.807, 2.05) is 0 Å². The lowest BCUT2D eigenvalue weighted by Crippen LogP contribution is -2.36. The molecule has 1 aromatic rings. The summed E-state index contributed by atoms with van der Waals surface area (Å²) in [5, 5.41) is 13.1. The Labute approximate surface area is 104 Å². The summed E-state index contributed by atoms with van der Waals surface area (Å²) in [5.74, 6) is -0.931. The Bertz CT molecular complexity index is 485. The van der Waals surface area contributed by atoms with Gasteiger partial charge in [-0.05, 0) is 6.07 Å². The average Bonchev–Trinajstić information content (AvgIpc) is 2.35. The van der Waals surface area contributed by atoms with E-state index in [1.54, 1.807) is 14.1 Å². The summed E-state index contributed by atoms with van der Waals surface area (Å²) in [6.45, 7) is -0.197. The van der Waals surface area contributed by atoms with Crippen LogP contribution in [0.25, 0.3) is 0 Å². The summed E-state index contributed by atoms with van der Waals surface area (Å²) < 4.78 is 0. The van der Waals surface area contributed by atoms with E-state index in [9.17, 15) is 19.7 Å². The zero-order chi connectivity index (χ0) is 13.7. The molecule has 0 spiro atoms. The van der Waals surface area contributed by atoms with Gasteiger partial charge in [0.25, 0.3) is 11.6 Å². The zero-order valence-electron chi connectivity index (χ0n) is 10.0. The molecule has 0 aliphatic carbocycles. The van der Waals surface area contributed by atoms with E-state index < -0.39 is 10.8 Å². The van der Waals surface area contributed by atoms with Crippen LogP contribution in [0.3, 0.4) is 0 Å². The Morgan fingerprint density at radius 1 is 1.33 bits per heavy atom. The van der Waals surface area contributed by atoms with Crippen LogP contribution in [-0.4, -0.2) is 42.3 Å². The van der Waals surface area contributed by atoms with E-state index in [0.29, 0.717) is 0 Å². The molecule has 18 heavy (non-hydrogen) atoms. The van der Waals surface area contributed by atoms with E-state index in [1.165, 1.54) is 29.2 Å². The number of carbonyl (C=O) groups is 2. The van der Waals surface area contributed by atoms with Gasteiger partial charge in [0.15, 0.2) is 0 Å². The monoisotopic (exact) mass is 251 g/mol. The maximum absolute atomic E-state index is 11.7. The molecule has 1 rings (SSSR count). The molecule has 0 aliphatic heterocycles. The molecule has 0 saturated heterocycles. The van der Waals surface area contributed by atoms with E-state index in [2.05, 4.69) is 5.32 Å². The molecule has 0 fully saturated rings. The Balaban J connectivity index is 2.79. The number of hydrogen-bond donors (Lipinski definition) is 1. The van der Waals surface area contributed by atoms with Crippen molar-refractivity contribution in [2.75, 3.05) is 20.6 Å². The third-order valence-electron chi connectivity index (χ3n) is 2.24. The molecule has 0 heterocycles. The molecule has 0 unspecified atom stereocenters. The van der Waals surface area contributed by atoms with Gasteiger partial charge in [-0.2, -0.15) is 0 Å². The molecule has 0 aromatic heterocycles. The second-order valence-corrected chi connectivity index (χ2v) is 3.75. The molecule has 0 aliphatic rings. The second-order valence-electron chi connectivity index (χ2n) is 3.75. The van der Waals surface area contributed by atoms with Gasteiger partial charge in [0, 0.05) is 20.2 Å². The van der Waals surface area contributed by atoms with Crippen LogP contribution in [-0.2, 0) is 4.79 Å². The number of carbonyl (C=O) groups excluding carboxylic acids is 2. The van der Waals surface area contributed by atoms with Crippen molar-refractivity contribution in [3.05, 3.63) is 39.9 Å². The molecule has 0 radical (unpaired) electrons. The SMILES string of the molecule is CN(C)C(=O)CNC(=O)c1ccccc1[N+](=O)[O-]. The van der Waals surface area contributed by atoms with Crippen molar-refractivity contribution in [2.24, 2.45) is 0 Å². The molecule has 1 aromatic carbocycles. The summed E-state index contributed by atoms with van der Waals surface area (Å²) in [7, 11) is 3.11. The fourth-order valence-electron chi connectivity index (χ4n) is 1.23. The summed E-state index contributed by atoms with van der Waals surface area (Å²) in [6, 6.07) is 5.58. The quantitative estimate of drug-likeness (QED) is 0.619. The first-order chi connectivity index (χ1) is 8.43. The number of amides is 2. The molecule has 1 N–H and O–H groups in total. The van der Waals surface area contributed by atoms with Gasteiger partial charge >= 0.3 is 0 Å². The number of rotatable bonds is 4. The minimum atomic E-state index is -0.641. The van der Waals surface area contributed by atoms with Crippen LogP contribution in [0.15, 0.2) is 24.3 Å². The molecule has 0 atom stereocenters. The summed E-state index contributed by atoms with van der Waals surface area (Å²) in [5.41, 5.74) is -0.346. The van der Waals surface area contributed by atoms with Crippen LogP contribution in [0.2, 0.25) is 0 Å². The highest BCUT2D eigenvalue weighted by molar-refractivity contribution is 5.99. The zero-order valence-corrected chi connectivity index (χ0v) is 10.0. The molecular formula is C11H13N3O4. The van der Waals surface area contributed by atoms with Gasteiger partial charge in [-0.1, -0.05) is 12.1 Å². The molecule has 7 heteroatoms. The number of likely N-dealkylation sites (N-methyl/N-ethyl adjacent to an activating group) is 1. The van der Waals surface area contributed by atoms with Crippen molar-refractivity contribution in [1.82, 2.24) is 10.2 Å². The van der Waals surface area contributed by atoms with Crippen molar-refractivity contribution >= 4 is 17.5 Å². The standard InChI is InChI=1S/C11H13N3O4/c1-13(2)10(15)7-12-11(16)8-5-3-4-6-9(8)14(17)18/h3-6H,7H2,1-2H3,(H,12,16). The first-order valence-corrected chi connectivity index (χ1v) is 5.15. The minimum absolute atomic E-state index is 0.0611. The Hall–Kier alpha value is -2.44. The topological polar surface area (TPSA) is 92.6 Å². The van der Waals surface area contributed by atoms with Crippen molar-refractivity contribution in [1.29, 1.82) is 0 Å². The predicted octanol–water partition coefficient (Wildman–Crippen LogP) is 0.413. The largest absolute Gasteiger partial charge is 0.347 e. The van der Waals surface area contributed by atoms with Crippen LogP contribution in [0.1, 0.15) is 10.4 Å². The van der Waals surface area contributed by atoms with Crippen LogP contribution in [0, 0.1) is 10.1 Å². The van der Waals surface area contributed by atoms with Crippen LogP contribution < -0.4 is 5.32 Å². The number of nitro groups is 1. The second kappa shape index (κ2) is 5.76. The number of nitro benzene ring substituents is 1. The fraction of sp³-hybridized carbons (Fsp3) is 0.273. The van der Waals surface area contributed by atoms with E-state index in [0.717, 1.165) is 0 Å². The van der Waals surface area contributed by atoms with Crippen molar-refractivity contribution in [3.63, 3.8) is 0 Å². The Morgan fingerprint density at radius 3 is 2.50 bits per heavy atom. The van der Waals surface area contributed by atoms with Gasteiger partial charge in [-0.3, -0.25) is 19.7 Å². The maximum Gasteiger partial charge on any atom is 0.282 e. The lowest BCUT2D eigenvalue weighted by Gasteiger charge is -2.10. The van der Waals surface area contributed by atoms with Gasteiger partial charge in [-0.25, -0.2) is 0 Å². The number of para-hydroxylation sites is 1. The molecule has 2 amide bonds. The summed E-state index contributed by atoms with van der Waals surface area (Å²) in [4.78, 5) is 34.4. The highest BCUT2D eigenvalue weighted by Crippen LogP contribution is 2.16. The Kier molecular flexibility index (Phi) is 4.36. The molecular weight excluding hydrogens is 238 g/mol. The number of nitrogens with one attached hydrogen (secondary N) is 1. The fourth-order valence-corrected chi connectivity index (χ4v) is 1.23. The predicted molar refractivity (Wildman–Crippen MR) is 64.1 cm³/mol. The first-order valence-electron chi connectivity index (χ1n) is 5.15. The lowest BCUT2D eigenvalue weighted by atomic mass is 10.1. The third-order valence-corrected chi connectivity index (χ3v) is 2.24. The smallest absolute Gasteiger partial charge is 0.282 e.